The maximum atomic E-state index is 12.0. The zero-order chi connectivity index (χ0) is 15.7. The lowest BCUT2D eigenvalue weighted by molar-refractivity contribution is -0.146. The van der Waals surface area contributed by atoms with Crippen molar-refractivity contribution in [2.45, 2.75) is 38.6 Å². The van der Waals surface area contributed by atoms with Crippen LogP contribution < -0.4 is 5.32 Å². The molecule has 0 saturated heterocycles. The van der Waals surface area contributed by atoms with Crippen LogP contribution in [0.2, 0.25) is 0 Å². The SMILES string of the molecule is CCCNC(CCN(C)CCC)(C(=O)O)c1ccccc1. The summed E-state index contributed by atoms with van der Waals surface area (Å²) in [4.78, 5) is 14.2. The molecule has 118 valence electrons. The number of carboxylic acids is 1. The molecule has 0 spiro atoms. The second kappa shape index (κ2) is 8.80. The van der Waals surface area contributed by atoms with Gasteiger partial charge in [-0.15, -0.1) is 0 Å². The highest BCUT2D eigenvalue weighted by atomic mass is 16.4. The van der Waals surface area contributed by atoms with Crippen molar-refractivity contribution in [3.05, 3.63) is 35.9 Å². The van der Waals surface area contributed by atoms with Crippen LogP contribution in [0.5, 0.6) is 0 Å². The molecule has 0 aliphatic rings. The van der Waals surface area contributed by atoms with Crippen molar-refractivity contribution in [1.82, 2.24) is 10.2 Å². The van der Waals surface area contributed by atoms with Crippen molar-refractivity contribution in [2.75, 3.05) is 26.7 Å². The first-order valence-corrected chi connectivity index (χ1v) is 7.79. The van der Waals surface area contributed by atoms with E-state index in [1.54, 1.807) is 0 Å². The van der Waals surface area contributed by atoms with Gasteiger partial charge in [-0.3, -0.25) is 5.32 Å². The van der Waals surface area contributed by atoms with Crippen LogP contribution in [0.15, 0.2) is 30.3 Å². The lowest BCUT2D eigenvalue weighted by Crippen LogP contribution is -2.51. The molecule has 0 aliphatic carbocycles. The third-order valence-corrected chi connectivity index (χ3v) is 3.78. The minimum absolute atomic E-state index is 0.558. The van der Waals surface area contributed by atoms with Gasteiger partial charge in [0.25, 0.3) is 0 Å². The molecule has 1 atom stereocenters. The first kappa shape index (κ1) is 17.7. The molecule has 0 amide bonds. The van der Waals surface area contributed by atoms with Crippen LogP contribution in [0.4, 0.5) is 0 Å². The molecule has 21 heavy (non-hydrogen) atoms. The van der Waals surface area contributed by atoms with Crippen LogP contribution in [0.1, 0.15) is 38.7 Å². The van der Waals surface area contributed by atoms with E-state index >= 15 is 0 Å². The monoisotopic (exact) mass is 292 g/mol. The Balaban J connectivity index is 2.99. The van der Waals surface area contributed by atoms with Gasteiger partial charge in [0, 0.05) is 6.54 Å². The normalized spacial score (nSPS) is 14.1. The van der Waals surface area contributed by atoms with Crippen molar-refractivity contribution in [1.29, 1.82) is 0 Å². The van der Waals surface area contributed by atoms with Gasteiger partial charge in [-0.25, -0.2) is 4.79 Å². The molecular formula is C17H28N2O2. The lowest BCUT2D eigenvalue weighted by atomic mass is 9.86. The number of hydrogen-bond acceptors (Lipinski definition) is 3. The summed E-state index contributed by atoms with van der Waals surface area (Å²) in [5.41, 5.74) is -0.171. The molecule has 1 rings (SSSR count). The molecule has 2 N–H and O–H groups in total. The van der Waals surface area contributed by atoms with Gasteiger partial charge in [0.2, 0.25) is 0 Å². The Kier molecular flexibility index (Phi) is 7.40. The zero-order valence-corrected chi connectivity index (χ0v) is 13.4. The number of rotatable bonds is 10. The summed E-state index contributed by atoms with van der Waals surface area (Å²) in [7, 11) is 2.04. The number of benzene rings is 1. The van der Waals surface area contributed by atoms with E-state index in [1.165, 1.54) is 0 Å². The lowest BCUT2D eigenvalue weighted by Gasteiger charge is -2.33. The first-order chi connectivity index (χ1) is 10.1. The van der Waals surface area contributed by atoms with E-state index in [4.69, 9.17) is 0 Å². The number of carbonyl (C=O) groups is 1. The van der Waals surface area contributed by atoms with Crippen molar-refractivity contribution < 1.29 is 9.90 Å². The number of nitrogens with one attached hydrogen (secondary N) is 1. The van der Waals surface area contributed by atoms with Crippen LogP contribution >= 0.6 is 0 Å². The largest absolute Gasteiger partial charge is 0.480 e. The molecule has 1 aromatic carbocycles. The van der Waals surface area contributed by atoms with Gasteiger partial charge in [0.05, 0.1) is 0 Å². The summed E-state index contributed by atoms with van der Waals surface area (Å²) < 4.78 is 0. The Labute approximate surface area is 128 Å². The number of aliphatic carboxylic acids is 1. The fourth-order valence-corrected chi connectivity index (χ4v) is 2.55. The topological polar surface area (TPSA) is 52.6 Å². The molecule has 0 heterocycles. The predicted octanol–water partition coefficient (Wildman–Crippen LogP) is 2.70. The molecule has 0 radical (unpaired) electrons. The van der Waals surface area contributed by atoms with E-state index in [1.807, 2.05) is 44.3 Å². The van der Waals surface area contributed by atoms with Gasteiger partial charge in [-0.2, -0.15) is 0 Å². The van der Waals surface area contributed by atoms with Gasteiger partial charge in [-0.1, -0.05) is 44.2 Å². The Bertz CT molecular complexity index is 422. The van der Waals surface area contributed by atoms with E-state index < -0.39 is 11.5 Å². The number of nitrogens with zero attached hydrogens (tertiary/aromatic N) is 1. The van der Waals surface area contributed by atoms with Crippen molar-refractivity contribution in [2.24, 2.45) is 0 Å². The molecule has 0 bridgehead atoms. The Morgan fingerprint density at radius 1 is 1.19 bits per heavy atom. The second-order valence-electron chi connectivity index (χ2n) is 5.56. The summed E-state index contributed by atoms with van der Waals surface area (Å²) in [5, 5.41) is 13.1. The van der Waals surface area contributed by atoms with E-state index in [-0.39, 0.29) is 0 Å². The molecule has 0 fully saturated rings. The van der Waals surface area contributed by atoms with E-state index in [2.05, 4.69) is 17.1 Å². The van der Waals surface area contributed by atoms with Crippen molar-refractivity contribution >= 4 is 5.97 Å². The zero-order valence-electron chi connectivity index (χ0n) is 13.4. The maximum absolute atomic E-state index is 12.0. The van der Waals surface area contributed by atoms with Gasteiger partial charge in [0.1, 0.15) is 5.54 Å². The van der Waals surface area contributed by atoms with Crippen molar-refractivity contribution in [3.8, 4) is 0 Å². The summed E-state index contributed by atoms with van der Waals surface area (Å²) >= 11 is 0. The van der Waals surface area contributed by atoms with Crippen LogP contribution in [0.25, 0.3) is 0 Å². The van der Waals surface area contributed by atoms with Crippen molar-refractivity contribution in [3.63, 3.8) is 0 Å². The number of hydrogen-bond donors (Lipinski definition) is 2. The van der Waals surface area contributed by atoms with Gasteiger partial charge >= 0.3 is 5.97 Å². The fourth-order valence-electron chi connectivity index (χ4n) is 2.55. The summed E-state index contributed by atoms with van der Waals surface area (Å²) in [6.45, 7) is 6.62. The smallest absolute Gasteiger partial charge is 0.328 e. The summed E-state index contributed by atoms with van der Waals surface area (Å²) in [6, 6.07) is 9.51. The average Bonchev–Trinajstić information content (AvgIpc) is 2.48. The second-order valence-corrected chi connectivity index (χ2v) is 5.56. The van der Waals surface area contributed by atoms with Gasteiger partial charge in [0.15, 0.2) is 0 Å². The highest BCUT2D eigenvalue weighted by molar-refractivity contribution is 5.80. The summed E-state index contributed by atoms with van der Waals surface area (Å²) in [5.74, 6) is -0.799. The van der Waals surface area contributed by atoms with Gasteiger partial charge < -0.3 is 10.0 Å². The minimum Gasteiger partial charge on any atom is -0.480 e. The standard InChI is InChI=1S/C17H28N2O2/c1-4-12-18-17(16(20)21,11-14-19(3)13-5-2)15-9-7-6-8-10-15/h6-10,18H,4-5,11-14H2,1-3H3,(H,20,21). The molecule has 0 saturated carbocycles. The van der Waals surface area contributed by atoms with Crippen LogP contribution in [-0.4, -0.2) is 42.7 Å². The van der Waals surface area contributed by atoms with Crippen LogP contribution in [-0.2, 0) is 10.3 Å². The van der Waals surface area contributed by atoms with E-state index in [0.29, 0.717) is 13.0 Å². The Morgan fingerprint density at radius 2 is 1.86 bits per heavy atom. The van der Waals surface area contributed by atoms with E-state index in [0.717, 1.165) is 31.5 Å². The average molecular weight is 292 g/mol. The maximum Gasteiger partial charge on any atom is 0.328 e. The van der Waals surface area contributed by atoms with Crippen LogP contribution in [0, 0.1) is 0 Å². The Morgan fingerprint density at radius 3 is 2.38 bits per heavy atom. The molecule has 1 unspecified atom stereocenters. The Hall–Kier alpha value is -1.39. The van der Waals surface area contributed by atoms with Crippen LogP contribution in [0.3, 0.4) is 0 Å². The quantitative estimate of drug-likeness (QED) is 0.696. The highest BCUT2D eigenvalue weighted by Crippen LogP contribution is 2.26. The molecule has 0 aliphatic heterocycles. The minimum atomic E-state index is -1.00. The summed E-state index contributed by atoms with van der Waals surface area (Å²) in [6.07, 6.45) is 2.54. The third-order valence-electron chi connectivity index (χ3n) is 3.78. The van der Waals surface area contributed by atoms with Gasteiger partial charge in [-0.05, 0) is 45.0 Å². The molecule has 0 aromatic heterocycles. The highest BCUT2D eigenvalue weighted by Gasteiger charge is 2.39. The molecule has 1 aromatic rings. The van der Waals surface area contributed by atoms with E-state index in [9.17, 15) is 9.90 Å². The number of carboxylic acid groups (broad SMARTS) is 1. The third kappa shape index (κ3) is 4.83. The first-order valence-electron chi connectivity index (χ1n) is 7.79. The molecule has 4 heteroatoms. The predicted molar refractivity (Wildman–Crippen MR) is 86.5 cm³/mol. The molecular weight excluding hydrogens is 264 g/mol. The fraction of sp³-hybridized carbons (Fsp3) is 0.588. The molecule has 4 nitrogen and oxygen atoms in total.